The topological polar surface area (TPSA) is 70.1 Å². The monoisotopic (exact) mass is 445 g/mol. The molecule has 3 aromatic rings. The number of halogens is 2. The van der Waals surface area contributed by atoms with Crippen LogP contribution in [0.4, 0.5) is 4.39 Å². The van der Waals surface area contributed by atoms with Gasteiger partial charge in [-0.1, -0.05) is 35.5 Å². The number of benzene rings is 2. The highest BCUT2D eigenvalue weighted by Gasteiger charge is 2.40. The highest BCUT2D eigenvalue weighted by Crippen LogP contribution is 2.38. The van der Waals surface area contributed by atoms with Crippen molar-refractivity contribution >= 4 is 29.3 Å². The number of hydrogen-bond donors (Lipinski definition) is 1. The van der Waals surface area contributed by atoms with Gasteiger partial charge in [0.2, 0.25) is 5.91 Å². The first-order valence-corrected chi connectivity index (χ1v) is 10.7. The first-order chi connectivity index (χ1) is 14.4. The molecular weight excluding hydrogens is 425 g/mol. The van der Waals surface area contributed by atoms with Crippen LogP contribution in [0.15, 0.2) is 58.5 Å². The van der Waals surface area contributed by atoms with Crippen molar-refractivity contribution in [1.29, 1.82) is 0 Å². The summed E-state index contributed by atoms with van der Waals surface area (Å²) in [6.07, 6.45) is 2.62. The zero-order chi connectivity index (χ0) is 21.3. The van der Waals surface area contributed by atoms with Gasteiger partial charge in [0, 0.05) is 35.6 Å². The molecule has 0 bridgehead atoms. The SMILES string of the molecule is Cn1ncc(Cl)c1-c1ccc(Sc2cccc(C3(C(N)=O)CCOCC3)c2)cc1F. The number of carbonyl (C=O) groups excluding carboxylic acids is 1. The second-order valence-electron chi connectivity index (χ2n) is 7.29. The van der Waals surface area contributed by atoms with Gasteiger partial charge in [-0.25, -0.2) is 4.39 Å². The number of aromatic nitrogens is 2. The Bertz CT molecular complexity index is 1080. The van der Waals surface area contributed by atoms with Crippen LogP contribution in [0, 0.1) is 5.82 Å². The maximum absolute atomic E-state index is 14.8. The maximum Gasteiger partial charge on any atom is 0.228 e. The van der Waals surface area contributed by atoms with Crippen LogP contribution in [-0.2, 0) is 22.0 Å². The number of amides is 1. The molecule has 1 aliphatic rings. The van der Waals surface area contributed by atoms with Crippen molar-refractivity contribution in [2.75, 3.05) is 13.2 Å². The van der Waals surface area contributed by atoms with E-state index in [1.165, 1.54) is 24.0 Å². The van der Waals surface area contributed by atoms with Crippen LogP contribution >= 0.6 is 23.4 Å². The van der Waals surface area contributed by atoms with Gasteiger partial charge in [0.25, 0.3) is 0 Å². The molecule has 0 atom stereocenters. The van der Waals surface area contributed by atoms with Crippen molar-refractivity contribution in [3.05, 3.63) is 65.1 Å². The molecule has 2 aromatic carbocycles. The molecule has 0 aliphatic carbocycles. The lowest BCUT2D eigenvalue weighted by Gasteiger charge is -2.34. The Labute approximate surface area is 183 Å². The van der Waals surface area contributed by atoms with E-state index in [2.05, 4.69) is 5.10 Å². The molecule has 1 fully saturated rings. The molecule has 8 heteroatoms. The lowest BCUT2D eigenvalue weighted by Crippen LogP contribution is -2.45. The van der Waals surface area contributed by atoms with Crippen LogP contribution in [0.3, 0.4) is 0 Å². The van der Waals surface area contributed by atoms with Crippen LogP contribution in [0.5, 0.6) is 0 Å². The van der Waals surface area contributed by atoms with E-state index in [-0.39, 0.29) is 11.7 Å². The van der Waals surface area contributed by atoms with Gasteiger partial charge in [0.15, 0.2) is 0 Å². The molecule has 0 saturated carbocycles. The second-order valence-corrected chi connectivity index (χ2v) is 8.85. The Balaban J connectivity index is 1.62. The number of primary amides is 1. The number of aryl methyl sites for hydroxylation is 1. The number of nitrogens with zero attached hydrogens (tertiary/aromatic N) is 2. The summed E-state index contributed by atoms with van der Waals surface area (Å²) in [5, 5.41) is 4.47. The normalized spacial score (nSPS) is 15.8. The van der Waals surface area contributed by atoms with Gasteiger partial charge >= 0.3 is 0 Å². The third kappa shape index (κ3) is 3.85. The molecule has 0 unspecified atom stereocenters. The number of rotatable bonds is 5. The summed E-state index contributed by atoms with van der Waals surface area (Å²) >= 11 is 7.58. The molecule has 2 N–H and O–H groups in total. The zero-order valence-corrected chi connectivity index (χ0v) is 18.0. The average Bonchev–Trinajstić information content (AvgIpc) is 3.07. The molecule has 30 heavy (non-hydrogen) atoms. The van der Waals surface area contributed by atoms with Gasteiger partial charge < -0.3 is 10.5 Å². The van der Waals surface area contributed by atoms with E-state index in [4.69, 9.17) is 22.1 Å². The third-order valence-electron chi connectivity index (χ3n) is 5.53. The standard InChI is InChI=1S/C22H21ClFN3O2S/c1-27-20(18(23)13-26-27)17-6-5-16(12-19(17)24)30-15-4-2-3-14(11-15)22(21(25)28)7-9-29-10-8-22/h2-6,11-13H,7-10H2,1H3,(H2,25,28). The first-order valence-electron chi connectivity index (χ1n) is 9.54. The number of nitrogens with two attached hydrogens (primary N) is 1. The molecule has 1 aliphatic heterocycles. The Kier molecular flexibility index (Phi) is 5.86. The van der Waals surface area contributed by atoms with E-state index in [0.717, 1.165) is 15.4 Å². The third-order valence-corrected chi connectivity index (χ3v) is 6.79. The predicted octanol–water partition coefficient (Wildman–Crippen LogP) is 4.56. The van der Waals surface area contributed by atoms with Crippen molar-refractivity contribution in [2.45, 2.75) is 28.0 Å². The molecule has 2 heterocycles. The lowest BCUT2D eigenvalue weighted by atomic mass is 9.73. The van der Waals surface area contributed by atoms with Crippen molar-refractivity contribution < 1.29 is 13.9 Å². The van der Waals surface area contributed by atoms with Crippen molar-refractivity contribution in [1.82, 2.24) is 9.78 Å². The van der Waals surface area contributed by atoms with Crippen molar-refractivity contribution in [3.63, 3.8) is 0 Å². The summed E-state index contributed by atoms with van der Waals surface area (Å²) in [7, 11) is 1.72. The molecular formula is C22H21ClFN3O2S. The van der Waals surface area contributed by atoms with Crippen LogP contribution in [-0.4, -0.2) is 28.9 Å². The van der Waals surface area contributed by atoms with Crippen LogP contribution in [0.25, 0.3) is 11.3 Å². The summed E-state index contributed by atoms with van der Waals surface area (Å²) in [6.45, 7) is 1.01. The summed E-state index contributed by atoms with van der Waals surface area (Å²) in [5.41, 5.74) is 6.86. The number of hydrogen-bond acceptors (Lipinski definition) is 4. The predicted molar refractivity (Wildman–Crippen MR) is 115 cm³/mol. The fraction of sp³-hybridized carbons (Fsp3) is 0.273. The second kappa shape index (κ2) is 8.41. The number of ether oxygens (including phenoxy) is 1. The highest BCUT2D eigenvalue weighted by atomic mass is 35.5. The van der Waals surface area contributed by atoms with Gasteiger partial charge in [-0.2, -0.15) is 5.10 Å². The lowest BCUT2D eigenvalue weighted by molar-refractivity contribution is -0.127. The molecule has 0 spiro atoms. The van der Waals surface area contributed by atoms with Gasteiger partial charge in [-0.05, 0) is 48.7 Å². The van der Waals surface area contributed by atoms with Gasteiger partial charge in [0.05, 0.1) is 22.3 Å². The average molecular weight is 446 g/mol. The van der Waals surface area contributed by atoms with Gasteiger partial charge in [0.1, 0.15) is 5.82 Å². The first kappa shape index (κ1) is 20.9. The molecule has 0 radical (unpaired) electrons. The minimum absolute atomic E-state index is 0.337. The van der Waals surface area contributed by atoms with Crippen LogP contribution in [0.1, 0.15) is 18.4 Å². The van der Waals surface area contributed by atoms with E-state index >= 15 is 0 Å². The Morgan fingerprint density at radius 1 is 1.23 bits per heavy atom. The quantitative estimate of drug-likeness (QED) is 0.624. The molecule has 4 rings (SSSR count). The maximum atomic E-state index is 14.8. The molecule has 1 amide bonds. The Morgan fingerprint density at radius 3 is 2.60 bits per heavy atom. The highest BCUT2D eigenvalue weighted by molar-refractivity contribution is 7.99. The van der Waals surface area contributed by atoms with E-state index in [1.807, 2.05) is 30.3 Å². The number of carbonyl (C=O) groups is 1. The van der Waals surface area contributed by atoms with Crippen molar-refractivity contribution in [3.8, 4) is 11.3 Å². The minimum Gasteiger partial charge on any atom is -0.381 e. The molecule has 1 aromatic heterocycles. The zero-order valence-electron chi connectivity index (χ0n) is 16.4. The minimum atomic E-state index is -0.722. The molecule has 156 valence electrons. The van der Waals surface area contributed by atoms with Crippen LogP contribution < -0.4 is 5.73 Å². The summed E-state index contributed by atoms with van der Waals surface area (Å²) in [6, 6.07) is 12.8. The van der Waals surface area contributed by atoms with Gasteiger partial charge in [-0.3, -0.25) is 9.48 Å². The largest absolute Gasteiger partial charge is 0.381 e. The molecule has 1 saturated heterocycles. The van der Waals surface area contributed by atoms with Gasteiger partial charge in [-0.15, -0.1) is 0 Å². The van der Waals surface area contributed by atoms with E-state index in [9.17, 15) is 9.18 Å². The van der Waals surface area contributed by atoms with Crippen molar-refractivity contribution in [2.24, 2.45) is 12.8 Å². The van der Waals surface area contributed by atoms with Crippen LogP contribution in [0.2, 0.25) is 5.02 Å². The smallest absolute Gasteiger partial charge is 0.228 e. The Morgan fingerprint density at radius 2 is 1.97 bits per heavy atom. The summed E-state index contributed by atoms with van der Waals surface area (Å²) in [5.74, 6) is -0.712. The fourth-order valence-corrected chi connectivity index (χ4v) is 5.03. The molecule has 5 nitrogen and oxygen atoms in total. The fourth-order valence-electron chi connectivity index (χ4n) is 3.86. The van der Waals surface area contributed by atoms with E-state index in [0.29, 0.717) is 42.3 Å². The summed E-state index contributed by atoms with van der Waals surface area (Å²) < 4.78 is 21.8. The van der Waals surface area contributed by atoms with E-state index < -0.39 is 5.41 Å². The van der Waals surface area contributed by atoms with E-state index in [1.54, 1.807) is 17.8 Å². The summed E-state index contributed by atoms with van der Waals surface area (Å²) in [4.78, 5) is 13.9. The Hall–Kier alpha value is -2.35.